The molecule has 5 rings (SSSR count). The molecule has 1 aromatic heterocycles. The molecule has 0 radical (unpaired) electrons. The lowest BCUT2D eigenvalue weighted by Gasteiger charge is -2.27. The predicted octanol–water partition coefficient (Wildman–Crippen LogP) is 6.84. The van der Waals surface area contributed by atoms with Gasteiger partial charge in [0.1, 0.15) is 17.8 Å². The van der Waals surface area contributed by atoms with Gasteiger partial charge >= 0.3 is 5.97 Å². The standard InChI is InChI=1S/C42H50N4O6/c1-5-6-7-8-9-22-52-35-20-16-29(17-21-35)32-25-43-38(44-26-32)30-12-10-28(11-13-30)23-36(40(49)46-27-34(47)24-37(46)41(50)51)45-39(48)31-14-18-33(19-15-31)42(2,3)4/h10-21,25-26,34,36-37,47H,5-9,22-24,27H2,1-4H3,(H,45,48)(H,50,51)/t34-,36+,37+/m1/s1. The van der Waals surface area contributed by atoms with Crippen LogP contribution in [0.15, 0.2) is 85.2 Å². The summed E-state index contributed by atoms with van der Waals surface area (Å²) in [5, 5.41) is 22.8. The number of aliphatic carboxylic acids is 1. The first-order chi connectivity index (χ1) is 24.9. The summed E-state index contributed by atoms with van der Waals surface area (Å²) < 4.78 is 5.89. The Hall–Kier alpha value is -5.09. The number of carboxylic acids is 1. The molecular formula is C42H50N4O6. The molecule has 2 heterocycles. The van der Waals surface area contributed by atoms with Crippen LogP contribution in [0.4, 0.5) is 0 Å². The smallest absolute Gasteiger partial charge is 0.326 e. The van der Waals surface area contributed by atoms with Gasteiger partial charge in [0.2, 0.25) is 5.91 Å². The van der Waals surface area contributed by atoms with E-state index in [0.717, 1.165) is 44.9 Å². The van der Waals surface area contributed by atoms with Crippen LogP contribution in [-0.4, -0.2) is 74.2 Å². The van der Waals surface area contributed by atoms with Crippen molar-refractivity contribution in [3.63, 3.8) is 0 Å². The molecule has 1 aliphatic heterocycles. The zero-order valence-electron chi connectivity index (χ0n) is 30.5. The summed E-state index contributed by atoms with van der Waals surface area (Å²) in [4.78, 5) is 49.5. The van der Waals surface area contributed by atoms with E-state index in [0.29, 0.717) is 18.0 Å². The molecule has 274 valence electrons. The molecule has 52 heavy (non-hydrogen) atoms. The zero-order chi connectivity index (χ0) is 37.3. The van der Waals surface area contributed by atoms with E-state index in [2.05, 4.69) is 43.0 Å². The lowest BCUT2D eigenvalue weighted by Crippen LogP contribution is -2.52. The first-order valence-electron chi connectivity index (χ1n) is 18.2. The molecule has 2 amide bonds. The van der Waals surface area contributed by atoms with Crippen LogP contribution in [-0.2, 0) is 21.4 Å². The number of hydrogen-bond acceptors (Lipinski definition) is 7. The largest absolute Gasteiger partial charge is 0.494 e. The van der Waals surface area contributed by atoms with Gasteiger partial charge in [-0.1, -0.05) is 102 Å². The third-order valence-corrected chi connectivity index (χ3v) is 9.47. The van der Waals surface area contributed by atoms with Gasteiger partial charge in [-0.3, -0.25) is 9.59 Å². The SMILES string of the molecule is CCCCCCCOc1ccc(-c2cnc(-c3ccc(C[C@H](NC(=O)c4ccc(C(C)(C)C)cc4)C(=O)N4C[C@H](O)C[C@H]4C(=O)O)cc3)nc2)cc1. The van der Waals surface area contributed by atoms with Gasteiger partial charge in [-0.05, 0) is 52.8 Å². The van der Waals surface area contributed by atoms with Crippen LogP contribution in [0.25, 0.3) is 22.5 Å². The van der Waals surface area contributed by atoms with Crippen LogP contribution in [0.2, 0.25) is 0 Å². The van der Waals surface area contributed by atoms with Crippen LogP contribution >= 0.6 is 0 Å². The highest BCUT2D eigenvalue weighted by atomic mass is 16.5. The van der Waals surface area contributed by atoms with Crippen molar-refractivity contribution in [2.75, 3.05) is 13.2 Å². The van der Waals surface area contributed by atoms with E-state index in [9.17, 15) is 24.6 Å². The number of carbonyl (C=O) groups is 3. The molecule has 1 saturated heterocycles. The third-order valence-electron chi connectivity index (χ3n) is 9.47. The highest BCUT2D eigenvalue weighted by molar-refractivity contribution is 5.98. The number of nitrogens with zero attached hydrogens (tertiary/aromatic N) is 3. The molecule has 4 aromatic rings. The number of carboxylic acid groups (broad SMARTS) is 1. The molecule has 10 heteroatoms. The fraction of sp³-hybridized carbons (Fsp3) is 0.405. The predicted molar refractivity (Wildman–Crippen MR) is 201 cm³/mol. The number of rotatable bonds is 15. The number of aliphatic hydroxyl groups excluding tert-OH is 1. The molecule has 0 aliphatic carbocycles. The summed E-state index contributed by atoms with van der Waals surface area (Å²) in [6.07, 6.45) is 8.62. The van der Waals surface area contributed by atoms with Crippen LogP contribution in [0.5, 0.6) is 5.75 Å². The lowest BCUT2D eigenvalue weighted by molar-refractivity contribution is -0.148. The molecule has 1 aliphatic rings. The molecular weight excluding hydrogens is 656 g/mol. The van der Waals surface area contributed by atoms with Crippen molar-refractivity contribution in [1.82, 2.24) is 20.2 Å². The third kappa shape index (κ3) is 10.0. The Balaban J connectivity index is 1.26. The first-order valence-corrected chi connectivity index (χ1v) is 18.2. The van der Waals surface area contributed by atoms with E-state index in [1.807, 2.05) is 60.7 Å². The number of hydrogen-bond donors (Lipinski definition) is 3. The molecule has 0 spiro atoms. The Morgan fingerprint density at radius 3 is 2.12 bits per heavy atom. The normalized spacial score (nSPS) is 16.4. The van der Waals surface area contributed by atoms with Gasteiger partial charge in [0.25, 0.3) is 5.91 Å². The number of nitrogens with one attached hydrogen (secondary N) is 1. The van der Waals surface area contributed by atoms with Gasteiger partial charge in [-0.25, -0.2) is 14.8 Å². The summed E-state index contributed by atoms with van der Waals surface area (Å²) >= 11 is 0. The van der Waals surface area contributed by atoms with Gasteiger partial charge in [-0.2, -0.15) is 0 Å². The van der Waals surface area contributed by atoms with E-state index in [-0.39, 0.29) is 24.8 Å². The van der Waals surface area contributed by atoms with E-state index < -0.39 is 36.0 Å². The highest BCUT2D eigenvalue weighted by Crippen LogP contribution is 2.26. The van der Waals surface area contributed by atoms with Crippen molar-refractivity contribution < 1.29 is 29.3 Å². The van der Waals surface area contributed by atoms with Crippen LogP contribution in [0, 0.1) is 0 Å². The van der Waals surface area contributed by atoms with E-state index in [4.69, 9.17) is 4.74 Å². The molecule has 1 fully saturated rings. The number of ether oxygens (including phenoxy) is 1. The van der Waals surface area contributed by atoms with Gasteiger partial charge in [-0.15, -0.1) is 0 Å². The molecule has 3 aromatic carbocycles. The second-order valence-corrected chi connectivity index (χ2v) is 14.6. The molecule has 3 N–H and O–H groups in total. The van der Waals surface area contributed by atoms with E-state index >= 15 is 0 Å². The van der Waals surface area contributed by atoms with Crippen LogP contribution in [0.3, 0.4) is 0 Å². The van der Waals surface area contributed by atoms with Gasteiger partial charge in [0.05, 0.1) is 12.7 Å². The topological polar surface area (TPSA) is 142 Å². The van der Waals surface area contributed by atoms with Crippen molar-refractivity contribution in [1.29, 1.82) is 0 Å². The summed E-state index contributed by atoms with van der Waals surface area (Å²) in [5.74, 6) is -0.829. The number of likely N-dealkylation sites (tertiary alicyclic amines) is 1. The fourth-order valence-corrected chi connectivity index (χ4v) is 6.35. The second-order valence-electron chi connectivity index (χ2n) is 14.6. The van der Waals surface area contributed by atoms with Crippen molar-refractivity contribution in [3.8, 4) is 28.3 Å². The molecule has 0 saturated carbocycles. The minimum atomic E-state index is -1.20. The summed E-state index contributed by atoms with van der Waals surface area (Å²) in [6, 6.07) is 20.3. The Morgan fingerprint density at radius 2 is 1.50 bits per heavy atom. The Morgan fingerprint density at radius 1 is 0.865 bits per heavy atom. The van der Waals surface area contributed by atoms with Gasteiger partial charge < -0.3 is 25.2 Å². The minimum Gasteiger partial charge on any atom is -0.494 e. The first kappa shape index (κ1) is 38.1. The van der Waals surface area contributed by atoms with Gasteiger partial charge in [0, 0.05) is 48.5 Å². The van der Waals surface area contributed by atoms with Crippen molar-refractivity contribution in [2.45, 2.75) is 96.2 Å². The highest BCUT2D eigenvalue weighted by Gasteiger charge is 2.41. The summed E-state index contributed by atoms with van der Waals surface area (Å²) in [6.45, 7) is 9.05. The Labute approximate surface area is 306 Å². The number of amides is 2. The average Bonchev–Trinajstić information content (AvgIpc) is 3.55. The van der Waals surface area contributed by atoms with Crippen molar-refractivity contribution in [2.24, 2.45) is 0 Å². The Bertz CT molecular complexity index is 1790. The van der Waals surface area contributed by atoms with Crippen molar-refractivity contribution >= 4 is 17.8 Å². The number of aliphatic hydroxyl groups is 1. The minimum absolute atomic E-state index is 0.0670. The molecule has 3 atom stereocenters. The quantitative estimate of drug-likeness (QED) is 0.114. The number of aromatic nitrogens is 2. The molecule has 0 unspecified atom stereocenters. The molecule has 10 nitrogen and oxygen atoms in total. The zero-order valence-corrected chi connectivity index (χ0v) is 30.5. The maximum Gasteiger partial charge on any atom is 0.326 e. The van der Waals surface area contributed by atoms with E-state index in [1.165, 1.54) is 25.7 Å². The maximum absolute atomic E-state index is 13.8. The Kier molecular flexibility index (Phi) is 12.8. The molecule has 0 bridgehead atoms. The van der Waals surface area contributed by atoms with Crippen LogP contribution in [0.1, 0.15) is 87.7 Å². The average molecular weight is 707 g/mol. The van der Waals surface area contributed by atoms with E-state index in [1.54, 1.807) is 24.5 Å². The number of β-amino-alcohol motifs (C(OH)–C–C–N with tert-alkyl or cyclic N) is 1. The fourth-order valence-electron chi connectivity index (χ4n) is 6.35. The number of carbonyl (C=O) groups excluding carboxylic acids is 2. The number of unbranched alkanes of at least 4 members (excludes halogenated alkanes) is 4. The maximum atomic E-state index is 13.8. The monoisotopic (exact) mass is 706 g/mol. The van der Waals surface area contributed by atoms with Crippen LogP contribution < -0.4 is 10.1 Å². The van der Waals surface area contributed by atoms with Crippen molar-refractivity contribution in [3.05, 3.63) is 102 Å². The number of benzene rings is 3. The summed E-state index contributed by atoms with van der Waals surface area (Å²) in [7, 11) is 0. The summed E-state index contributed by atoms with van der Waals surface area (Å²) in [5.41, 5.74) is 4.74. The lowest BCUT2D eigenvalue weighted by atomic mass is 9.86. The second kappa shape index (κ2) is 17.4. The van der Waals surface area contributed by atoms with Gasteiger partial charge in [0.15, 0.2) is 5.82 Å².